The summed E-state index contributed by atoms with van der Waals surface area (Å²) in [7, 11) is 1.83. The summed E-state index contributed by atoms with van der Waals surface area (Å²) in [6.07, 6.45) is 2.73. The monoisotopic (exact) mass is 243 g/mol. The van der Waals surface area contributed by atoms with E-state index in [0.29, 0.717) is 0 Å². The molecular weight excluding hydrogens is 230 g/mol. The molecule has 92 valence electrons. The van der Waals surface area contributed by atoms with Gasteiger partial charge in [-0.25, -0.2) is 0 Å². The van der Waals surface area contributed by atoms with E-state index in [1.807, 2.05) is 13.2 Å². The van der Waals surface area contributed by atoms with Crippen molar-refractivity contribution in [3.8, 4) is 17.5 Å². The van der Waals surface area contributed by atoms with Gasteiger partial charge in [-0.05, 0) is 0 Å². The van der Waals surface area contributed by atoms with Crippen LogP contribution in [0.1, 0.15) is 11.3 Å². The van der Waals surface area contributed by atoms with Crippen LogP contribution in [-0.2, 0) is 26.6 Å². The minimum Gasteiger partial charge on any atom is -0.312 e. The zero-order chi connectivity index (χ0) is 12.5. The highest BCUT2D eigenvalue weighted by atomic mass is 15.4. The Hall–Kier alpha value is -2.20. The van der Waals surface area contributed by atoms with Gasteiger partial charge in [0.25, 0.3) is 0 Å². The molecule has 3 heterocycles. The van der Waals surface area contributed by atoms with Gasteiger partial charge >= 0.3 is 0 Å². The number of nitrogens with one attached hydrogen (secondary N) is 1. The summed E-state index contributed by atoms with van der Waals surface area (Å²) in [5.41, 5.74) is 3.86. The van der Waals surface area contributed by atoms with Gasteiger partial charge in [0.15, 0.2) is 0 Å². The van der Waals surface area contributed by atoms with Crippen molar-refractivity contribution in [1.29, 1.82) is 5.26 Å². The second kappa shape index (κ2) is 4.23. The summed E-state index contributed by atoms with van der Waals surface area (Å²) in [5, 5.41) is 24.7. The number of fused-ring (bicyclic) bond motifs is 1. The molecule has 0 fully saturated rings. The molecule has 0 atom stereocenters. The molecule has 1 aliphatic rings. The minimum absolute atomic E-state index is 0.280. The number of rotatable bonds is 2. The molecule has 2 aromatic rings. The molecule has 0 unspecified atom stereocenters. The minimum atomic E-state index is 0.280. The van der Waals surface area contributed by atoms with Gasteiger partial charge in [0.2, 0.25) is 0 Å². The largest absolute Gasteiger partial charge is 0.312 e. The van der Waals surface area contributed by atoms with E-state index in [9.17, 15) is 0 Å². The van der Waals surface area contributed by atoms with Crippen molar-refractivity contribution in [2.75, 3.05) is 6.54 Å². The number of nitrogens with zero attached hydrogens (tertiary/aromatic N) is 6. The second-order valence-electron chi connectivity index (χ2n) is 4.29. The Morgan fingerprint density at radius 2 is 2.44 bits per heavy atom. The van der Waals surface area contributed by atoms with Crippen LogP contribution in [0, 0.1) is 11.3 Å². The molecule has 0 saturated carbocycles. The van der Waals surface area contributed by atoms with Crippen molar-refractivity contribution in [2.45, 2.75) is 19.5 Å². The van der Waals surface area contributed by atoms with E-state index in [0.717, 1.165) is 42.2 Å². The van der Waals surface area contributed by atoms with Crippen LogP contribution in [0.3, 0.4) is 0 Å². The Morgan fingerprint density at radius 1 is 1.56 bits per heavy atom. The molecule has 0 radical (unpaired) electrons. The van der Waals surface area contributed by atoms with Crippen molar-refractivity contribution in [3.05, 3.63) is 17.5 Å². The van der Waals surface area contributed by atoms with Crippen LogP contribution < -0.4 is 5.32 Å². The van der Waals surface area contributed by atoms with Crippen molar-refractivity contribution in [3.63, 3.8) is 0 Å². The van der Waals surface area contributed by atoms with Crippen LogP contribution in [0.5, 0.6) is 0 Å². The van der Waals surface area contributed by atoms with Gasteiger partial charge in [0, 0.05) is 37.8 Å². The van der Waals surface area contributed by atoms with Crippen LogP contribution in [0.25, 0.3) is 11.4 Å². The van der Waals surface area contributed by atoms with E-state index in [-0.39, 0.29) is 6.54 Å². The molecule has 0 saturated heterocycles. The van der Waals surface area contributed by atoms with Gasteiger partial charge in [-0.1, -0.05) is 5.21 Å². The molecular formula is C11H13N7. The number of hydrogen-bond acceptors (Lipinski definition) is 5. The van der Waals surface area contributed by atoms with Crippen molar-refractivity contribution in [1.82, 2.24) is 30.1 Å². The first kappa shape index (κ1) is 10.9. The standard InChI is InChI=1S/C11H13N7/c1-17-7-9(14-16-17)11-8-6-13-4-2-10(8)18(15-11)5-3-12/h7,13H,2,4-6H2,1H3. The van der Waals surface area contributed by atoms with Gasteiger partial charge in [0.1, 0.15) is 17.9 Å². The smallest absolute Gasteiger partial charge is 0.133 e. The first-order valence-corrected chi connectivity index (χ1v) is 5.82. The van der Waals surface area contributed by atoms with Crippen LogP contribution in [0.4, 0.5) is 0 Å². The zero-order valence-corrected chi connectivity index (χ0v) is 10.1. The number of aryl methyl sites for hydroxylation is 1. The highest BCUT2D eigenvalue weighted by Crippen LogP contribution is 2.25. The number of hydrogen-bond donors (Lipinski definition) is 1. The van der Waals surface area contributed by atoms with E-state index in [2.05, 4.69) is 26.8 Å². The van der Waals surface area contributed by atoms with Crippen LogP contribution in [0.2, 0.25) is 0 Å². The van der Waals surface area contributed by atoms with Gasteiger partial charge in [-0.2, -0.15) is 10.4 Å². The lowest BCUT2D eigenvalue weighted by Gasteiger charge is -2.14. The van der Waals surface area contributed by atoms with Crippen molar-refractivity contribution < 1.29 is 0 Å². The average molecular weight is 243 g/mol. The Morgan fingerprint density at radius 3 is 3.17 bits per heavy atom. The quantitative estimate of drug-likeness (QED) is 0.792. The molecule has 0 aromatic carbocycles. The Kier molecular flexibility index (Phi) is 2.57. The third-order valence-corrected chi connectivity index (χ3v) is 3.07. The van der Waals surface area contributed by atoms with Crippen molar-refractivity contribution in [2.24, 2.45) is 7.05 Å². The fraction of sp³-hybridized carbons (Fsp3) is 0.455. The summed E-state index contributed by atoms with van der Waals surface area (Å²) in [4.78, 5) is 0. The summed E-state index contributed by atoms with van der Waals surface area (Å²) in [6.45, 7) is 1.97. The molecule has 3 rings (SSSR count). The third kappa shape index (κ3) is 1.67. The fourth-order valence-corrected chi connectivity index (χ4v) is 2.28. The molecule has 2 aromatic heterocycles. The second-order valence-corrected chi connectivity index (χ2v) is 4.29. The highest BCUT2D eigenvalue weighted by molar-refractivity contribution is 5.59. The molecule has 7 nitrogen and oxygen atoms in total. The molecule has 0 spiro atoms. The number of nitriles is 1. The van der Waals surface area contributed by atoms with Gasteiger partial charge < -0.3 is 5.32 Å². The van der Waals surface area contributed by atoms with Gasteiger partial charge in [0.05, 0.1) is 12.3 Å². The summed E-state index contributed by atoms with van der Waals surface area (Å²) in [5.74, 6) is 0. The maximum absolute atomic E-state index is 8.85. The van der Waals surface area contributed by atoms with Crippen molar-refractivity contribution >= 4 is 0 Å². The first-order chi connectivity index (χ1) is 8.79. The van der Waals surface area contributed by atoms with E-state index in [4.69, 9.17) is 5.26 Å². The molecule has 0 bridgehead atoms. The third-order valence-electron chi connectivity index (χ3n) is 3.07. The predicted molar refractivity (Wildman–Crippen MR) is 63.2 cm³/mol. The summed E-state index contributed by atoms with van der Waals surface area (Å²) in [6, 6.07) is 2.14. The highest BCUT2D eigenvalue weighted by Gasteiger charge is 2.22. The Balaban J connectivity index is 2.12. The lowest BCUT2D eigenvalue weighted by Crippen LogP contribution is -2.25. The summed E-state index contributed by atoms with van der Waals surface area (Å²) >= 11 is 0. The van der Waals surface area contributed by atoms with Crippen LogP contribution in [-0.4, -0.2) is 31.3 Å². The molecule has 7 heteroatoms. The number of aromatic nitrogens is 5. The molecule has 18 heavy (non-hydrogen) atoms. The first-order valence-electron chi connectivity index (χ1n) is 5.82. The van der Waals surface area contributed by atoms with E-state index in [1.165, 1.54) is 0 Å². The lowest BCUT2D eigenvalue weighted by molar-refractivity contribution is 0.590. The lowest BCUT2D eigenvalue weighted by atomic mass is 10.1. The normalized spacial score (nSPS) is 14.2. The Bertz CT molecular complexity index is 616. The maximum Gasteiger partial charge on any atom is 0.133 e. The Labute approximate surface area is 104 Å². The topological polar surface area (TPSA) is 84.4 Å². The molecule has 0 aliphatic carbocycles. The van der Waals surface area contributed by atoms with E-state index < -0.39 is 0 Å². The zero-order valence-electron chi connectivity index (χ0n) is 10.1. The predicted octanol–water partition coefficient (Wildman–Crippen LogP) is -0.152. The van der Waals surface area contributed by atoms with E-state index in [1.54, 1.807) is 9.36 Å². The SMILES string of the molecule is Cn1cc(-c2nn(CC#N)c3c2CNCC3)nn1. The van der Waals surface area contributed by atoms with E-state index >= 15 is 0 Å². The van der Waals surface area contributed by atoms with Crippen LogP contribution >= 0.6 is 0 Å². The molecule has 1 aliphatic heterocycles. The molecule has 1 N–H and O–H groups in total. The maximum atomic E-state index is 8.85. The fourth-order valence-electron chi connectivity index (χ4n) is 2.28. The van der Waals surface area contributed by atoms with Crippen LogP contribution in [0.15, 0.2) is 6.20 Å². The summed E-state index contributed by atoms with van der Waals surface area (Å²) < 4.78 is 3.43. The van der Waals surface area contributed by atoms with Gasteiger partial charge in [-0.15, -0.1) is 5.10 Å². The molecule has 0 amide bonds. The average Bonchev–Trinajstić information content (AvgIpc) is 2.95. The van der Waals surface area contributed by atoms with Gasteiger partial charge in [-0.3, -0.25) is 9.36 Å².